The monoisotopic (exact) mass is 378 g/mol. The molecule has 3 aliphatic heterocycles. The zero-order valence-electron chi connectivity index (χ0n) is 17.1. The fourth-order valence-corrected chi connectivity index (χ4v) is 4.53. The molecule has 6 unspecified atom stereocenters. The molecule has 0 saturated carbocycles. The molecule has 3 heterocycles. The molecule has 0 amide bonds. The molecule has 2 saturated heterocycles. The summed E-state index contributed by atoms with van der Waals surface area (Å²) in [7, 11) is 0. The lowest BCUT2D eigenvalue weighted by molar-refractivity contribution is -0.202. The molecule has 0 aliphatic carbocycles. The Labute approximate surface area is 162 Å². The van der Waals surface area contributed by atoms with E-state index in [4.69, 9.17) is 14.2 Å². The van der Waals surface area contributed by atoms with E-state index in [0.29, 0.717) is 25.2 Å². The number of ether oxygens (including phenoxy) is 3. The summed E-state index contributed by atoms with van der Waals surface area (Å²) >= 11 is 0. The van der Waals surface area contributed by atoms with Crippen molar-refractivity contribution in [2.45, 2.75) is 95.7 Å². The maximum absolute atomic E-state index is 11.7. The van der Waals surface area contributed by atoms with Crippen LogP contribution < -0.4 is 0 Å². The second-order valence-electron chi connectivity index (χ2n) is 9.00. The van der Waals surface area contributed by atoms with Gasteiger partial charge in [0.1, 0.15) is 11.7 Å². The summed E-state index contributed by atoms with van der Waals surface area (Å²) in [5.41, 5.74) is 1.33. The van der Waals surface area contributed by atoms with Gasteiger partial charge in [0.25, 0.3) is 0 Å². The molecule has 5 nitrogen and oxygen atoms in total. The highest BCUT2D eigenvalue weighted by Gasteiger charge is 2.55. The minimum Gasteiger partial charge on any atom is -0.459 e. The van der Waals surface area contributed by atoms with Crippen molar-refractivity contribution in [2.75, 3.05) is 6.61 Å². The maximum atomic E-state index is 11.7. The third-order valence-electron chi connectivity index (χ3n) is 6.59. The molecule has 1 N–H and O–H groups in total. The van der Waals surface area contributed by atoms with Crippen LogP contribution in [-0.4, -0.2) is 47.2 Å². The summed E-state index contributed by atoms with van der Waals surface area (Å²) in [6.07, 6.45) is 5.72. The number of allylic oxidation sites excluding steroid dienone is 1. The van der Waals surface area contributed by atoms with E-state index >= 15 is 0 Å². The van der Waals surface area contributed by atoms with Crippen molar-refractivity contribution in [2.24, 2.45) is 5.92 Å². The van der Waals surface area contributed by atoms with E-state index in [1.54, 1.807) is 0 Å². The summed E-state index contributed by atoms with van der Waals surface area (Å²) in [6, 6.07) is 0. The van der Waals surface area contributed by atoms with Gasteiger partial charge >= 0.3 is 5.97 Å². The lowest BCUT2D eigenvalue weighted by atomic mass is 9.75. The van der Waals surface area contributed by atoms with Crippen molar-refractivity contribution >= 4 is 5.97 Å². The number of carbonyl (C=O) groups is 1. The Morgan fingerprint density at radius 3 is 2.59 bits per heavy atom. The normalized spacial score (nSPS) is 43.1. The predicted octanol–water partition coefficient (Wildman–Crippen LogP) is 3.70. The third kappa shape index (κ3) is 4.64. The van der Waals surface area contributed by atoms with E-state index < -0.39 is 11.7 Å². The number of hydrogen-bond acceptors (Lipinski definition) is 5. The van der Waals surface area contributed by atoms with Crippen molar-refractivity contribution in [1.82, 2.24) is 0 Å². The quantitative estimate of drug-likeness (QED) is 0.451. The van der Waals surface area contributed by atoms with Gasteiger partial charge in [-0.05, 0) is 64.9 Å². The van der Waals surface area contributed by atoms with Crippen LogP contribution in [-0.2, 0) is 19.0 Å². The summed E-state index contributed by atoms with van der Waals surface area (Å²) in [4.78, 5) is 11.7. The van der Waals surface area contributed by atoms with Gasteiger partial charge in [-0.3, -0.25) is 4.79 Å². The average molecular weight is 379 g/mol. The van der Waals surface area contributed by atoms with Crippen LogP contribution in [0.3, 0.4) is 0 Å². The first-order valence-electron chi connectivity index (χ1n) is 10.1. The number of hydrogen-bond donors (Lipinski definition) is 1. The van der Waals surface area contributed by atoms with Gasteiger partial charge in [0, 0.05) is 12.8 Å². The Kier molecular flexibility index (Phi) is 5.85. The Morgan fingerprint density at radius 2 is 1.96 bits per heavy atom. The molecule has 152 valence electrons. The number of fused-ring (bicyclic) bond motifs is 2. The molecule has 3 rings (SSSR count). The van der Waals surface area contributed by atoms with Crippen LogP contribution in [0.1, 0.15) is 66.2 Å². The van der Waals surface area contributed by atoms with Gasteiger partial charge in [-0.1, -0.05) is 18.2 Å². The first kappa shape index (κ1) is 20.6. The first-order valence-corrected chi connectivity index (χ1v) is 10.1. The van der Waals surface area contributed by atoms with Gasteiger partial charge in [0.05, 0.1) is 24.4 Å². The number of carbonyl (C=O) groups excluding carboxylic acids is 1. The van der Waals surface area contributed by atoms with Crippen molar-refractivity contribution in [3.63, 3.8) is 0 Å². The minimum atomic E-state index is -0.556. The number of esters is 1. The Balaban J connectivity index is 1.92. The standard InChI is InChI=1S/C22H34O5/c1-14-6-8-18(24)15(2)7-9-20(26-16(3)23)21(4)11-10-17(19(12-14)27-21)22(5)13-25-22/h12,17-20,24H,2,6-11,13H2,1,3-5H3. The number of rotatable bonds is 2. The number of aliphatic hydroxyl groups is 1. The molecule has 3 aliphatic rings. The molecule has 6 atom stereocenters. The highest BCUT2D eigenvalue weighted by molar-refractivity contribution is 5.66. The lowest BCUT2D eigenvalue weighted by Gasteiger charge is -2.47. The molecule has 27 heavy (non-hydrogen) atoms. The van der Waals surface area contributed by atoms with E-state index in [2.05, 4.69) is 26.5 Å². The molecule has 0 aromatic carbocycles. The highest BCUT2D eigenvalue weighted by Crippen LogP contribution is 2.48. The van der Waals surface area contributed by atoms with Gasteiger partial charge < -0.3 is 19.3 Å². The SMILES string of the molecule is C=C1CCC(OC(C)=O)C2(C)CCC(C3(C)CO3)C(C=C(C)CCC1O)O2. The van der Waals surface area contributed by atoms with Crippen LogP contribution >= 0.6 is 0 Å². The second-order valence-corrected chi connectivity index (χ2v) is 9.00. The molecular formula is C22H34O5. The van der Waals surface area contributed by atoms with E-state index in [9.17, 15) is 9.90 Å². The minimum absolute atomic E-state index is 0.0749. The van der Waals surface area contributed by atoms with Crippen LogP contribution in [0.4, 0.5) is 0 Å². The molecule has 0 spiro atoms. The van der Waals surface area contributed by atoms with Gasteiger partial charge in [-0.25, -0.2) is 0 Å². The fourth-order valence-electron chi connectivity index (χ4n) is 4.53. The number of epoxide rings is 1. The van der Waals surface area contributed by atoms with Gasteiger partial charge in [-0.15, -0.1) is 0 Å². The number of aliphatic hydroxyl groups excluding tert-OH is 1. The Bertz CT molecular complexity index is 620. The van der Waals surface area contributed by atoms with Gasteiger partial charge in [-0.2, -0.15) is 0 Å². The molecule has 0 radical (unpaired) electrons. The van der Waals surface area contributed by atoms with Gasteiger partial charge in [0.15, 0.2) is 0 Å². The summed E-state index contributed by atoms with van der Waals surface area (Å²) in [5.74, 6) is -0.00713. The summed E-state index contributed by atoms with van der Waals surface area (Å²) in [5, 5.41) is 10.4. The molecule has 5 heteroatoms. The first-order chi connectivity index (χ1) is 12.6. The maximum Gasteiger partial charge on any atom is 0.303 e. The summed E-state index contributed by atoms with van der Waals surface area (Å²) < 4.78 is 18.1. The Hall–Kier alpha value is -1.17. The van der Waals surface area contributed by atoms with Crippen LogP contribution in [0.15, 0.2) is 23.8 Å². The van der Waals surface area contributed by atoms with Gasteiger partial charge in [0.2, 0.25) is 0 Å². The zero-order valence-corrected chi connectivity index (χ0v) is 17.1. The van der Waals surface area contributed by atoms with Crippen LogP contribution in [0.2, 0.25) is 0 Å². The van der Waals surface area contributed by atoms with E-state index in [1.165, 1.54) is 12.5 Å². The Morgan fingerprint density at radius 1 is 1.26 bits per heavy atom. The lowest BCUT2D eigenvalue weighted by Crippen LogP contribution is -2.53. The zero-order chi connectivity index (χ0) is 19.8. The van der Waals surface area contributed by atoms with Crippen molar-refractivity contribution in [3.8, 4) is 0 Å². The second kappa shape index (κ2) is 7.69. The van der Waals surface area contributed by atoms with E-state index in [1.807, 2.05) is 6.92 Å². The smallest absolute Gasteiger partial charge is 0.303 e. The molecule has 2 fully saturated rings. The van der Waals surface area contributed by atoms with Crippen LogP contribution in [0.25, 0.3) is 0 Å². The van der Waals surface area contributed by atoms with E-state index in [0.717, 1.165) is 31.4 Å². The third-order valence-corrected chi connectivity index (χ3v) is 6.59. The fraction of sp³-hybridized carbons (Fsp3) is 0.773. The van der Waals surface area contributed by atoms with Crippen molar-refractivity contribution in [1.29, 1.82) is 0 Å². The largest absolute Gasteiger partial charge is 0.459 e. The molecule has 0 aromatic heterocycles. The highest BCUT2D eigenvalue weighted by atomic mass is 16.6. The van der Waals surface area contributed by atoms with Crippen molar-refractivity contribution in [3.05, 3.63) is 23.8 Å². The molecular weight excluding hydrogens is 344 g/mol. The van der Waals surface area contributed by atoms with E-state index in [-0.39, 0.29) is 23.8 Å². The molecule has 0 aromatic rings. The summed E-state index contributed by atoms with van der Waals surface area (Å²) in [6.45, 7) is 12.6. The average Bonchev–Trinajstić information content (AvgIpc) is 3.33. The predicted molar refractivity (Wildman–Crippen MR) is 103 cm³/mol. The topological polar surface area (TPSA) is 68.3 Å². The van der Waals surface area contributed by atoms with Crippen LogP contribution in [0, 0.1) is 5.92 Å². The van der Waals surface area contributed by atoms with Crippen molar-refractivity contribution < 1.29 is 24.1 Å². The molecule has 2 bridgehead atoms. The van der Waals surface area contributed by atoms with Crippen LogP contribution in [0.5, 0.6) is 0 Å².